The van der Waals surface area contributed by atoms with Crippen LogP contribution in [0.15, 0.2) is 170 Å². The highest BCUT2D eigenvalue weighted by molar-refractivity contribution is 6.23. The number of rotatable bonds is 4. The summed E-state index contributed by atoms with van der Waals surface area (Å²) in [5, 5.41) is 7.08. The molecule has 47 heavy (non-hydrogen) atoms. The summed E-state index contributed by atoms with van der Waals surface area (Å²) in [7, 11) is 0. The van der Waals surface area contributed by atoms with Crippen molar-refractivity contribution in [2.45, 2.75) is 0 Å². The van der Waals surface area contributed by atoms with Crippen LogP contribution >= 0.6 is 0 Å². The number of benzene rings is 8. The number of nitrogens with zero attached hydrogens (tertiary/aromatic N) is 2. The first-order valence-electron chi connectivity index (χ1n) is 15.9. The Kier molecular flexibility index (Phi) is 6.23. The van der Waals surface area contributed by atoms with Crippen LogP contribution in [0.5, 0.6) is 0 Å². The van der Waals surface area contributed by atoms with Gasteiger partial charge in [-0.25, -0.2) is 4.85 Å². The summed E-state index contributed by atoms with van der Waals surface area (Å²) in [6.45, 7) is 8.64. The molecule has 218 valence electrons. The highest BCUT2D eigenvalue weighted by atomic mass is 15.0. The molecule has 0 bridgehead atoms. The lowest BCUT2D eigenvalue weighted by Gasteiger charge is -2.20. The van der Waals surface area contributed by atoms with Crippen molar-refractivity contribution in [1.29, 1.82) is 0 Å². The molecule has 0 atom stereocenters. The van der Waals surface area contributed by atoms with Crippen LogP contribution in [0.2, 0.25) is 0 Å². The predicted molar refractivity (Wildman–Crippen MR) is 198 cm³/mol. The van der Waals surface area contributed by atoms with Gasteiger partial charge in [-0.2, -0.15) is 0 Å². The highest BCUT2D eigenvalue weighted by Crippen LogP contribution is 2.49. The van der Waals surface area contributed by atoms with Crippen LogP contribution < -0.4 is 0 Å². The second-order valence-electron chi connectivity index (χ2n) is 11.9. The molecule has 8 aromatic carbocycles. The Morgan fingerprint density at radius 3 is 1.40 bits per heavy atom. The van der Waals surface area contributed by atoms with Crippen LogP contribution in [0.1, 0.15) is 0 Å². The zero-order valence-electron chi connectivity index (χ0n) is 25.6. The lowest BCUT2D eigenvalue weighted by Crippen LogP contribution is -1.97. The molecule has 0 aliphatic rings. The quantitative estimate of drug-likeness (QED) is 0.141. The van der Waals surface area contributed by atoms with Gasteiger partial charge in [-0.1, -0.05) is 152 Å². The molecule has 0 unspecified atom stereocenters. The van der Waals surface area contributed by atoms with Gasteiger partial charge < -0.3 is 4.57 Å². The Labute approximate surface area is 273 Å². The zero-order valence-corrected chi connectivity index (χ0v) is 25.6. The van der Waals surface area contributed by atoms with E-state index in [1.54, 1.807) is 0 Å². The minimum Gasteiger partial charge on any atom is -0.309 e. The maximum Gasteiger partial charge on any atom is 0.202 e. The van der Waals surface area contributed by atoms with E-state index in [0.29, 0.717) is 5.69 Å². The number of para-hydroxylation sites is 4. The molecular formula is C45H28N2. The number of hydrogen-bond acceptors (Lipinski definition) is 0. The highest BCUT2D eigenvalue weighted by Gasteiger charge is 2.22. The fourth-order valence-corrected chi connectivity index (χ4v) is 7.50. The van der Waals surface area contributed by atoms with Crippen molar-refractivity contribution in [3.05, 3.63) is 181 Å². The third kappa shape index (κ3) is 4.11. The SMILES string of the molecule is [C-]#[N+]c1c(-c2ccccc2-n2c3ccccc3c3ccccc32)cccc1-c1c2ccccc2c(-c2ccccc2)c2ccccc12. The lowest BCUT2D eigenvalue weighted by molar-refractivity contribution is 1.18. The molecule has 0 saturated heterocycles. The van der Waals surface area contributed by atoms with Crippen LogP contribution in [0.4, 0.5) is 5.69 Å². The molecule has 0 fully saturated rings. The summed E-state index contributed by atoms with van der Waals surface area (Å²) in [5.74, 6) is 0. The van der Waals surface area contributed by atoms with E-state index >= 15 is 0 Å². The average Bonchev–Trinajstić information content (AvgIpc) is 3.48. The van der Waals surface area contributed by atoms with E-state index in [1.807, 2.05) is 0 Å². The van der Waals surface area contributed by atoms with Gasteiger partial charge in [0.1, 0.15) is 0 Å². The molecule has 1 aromatic heterocycles. The van der Waals surface area contributed by atoms with E-state index < -0.39 is 0 Å². The van der Waals surface area contributed by atoms with Gasteiger partial charge in [-0.15, -0.1) is 0 Å². The van der Waals surface area contributed by atoms with Crippen LogP contribution in [-0.4, -0.2) is 4.57 Å². The molecule has 9 rings (SSSR count). The van der Waals surface area contributed by atoms with Crippen molar-refractivity contribution in [3.8, 4) is 39.1 Å². The summed E-state index contributed by atoms with van der Waals surface area (Å²) >= 11 is 0. The van der Waals surface area contributed by atoms with E-state index in [9.17, 15) is 0 Å². The molecule has 9 aromatic rings. The van der Waals surface area contributed by atoms with Crippen LogP contribution in [0.3, 0.4) is 0 Å². The Bertz CT molecular complexity index is 2580. The van der Waals surface area contributed by atoms with E-state index in [1.165, 1.54) is 32.7 Å². The van der Waals surface area contributed by atoms with E-state index in [4.69, 9.17) is 6.57 Å². The maximum atomic E-state index is 8.64. The monoisotopic (exact) mass is 596 g/mol. The number of aromatic nitrogens is 1. The summed E-state index contributed by atoms with van der Waals surface area (Å²) in [6.07, 6.45) is 0. The van der Waals surface area contributed by atoms with Crippen molar-refractivity contribution < 1.29 is 0 Å². The molecule has 2 heteroatoms. The molecule has 0 aliphatic heterocycles. The van der Waals surface area contributed by atoms with Gasteiger partial charge in [0.25, 0.3) is 0 Å². The second-order valence-corrected chi connectivity index (χ2v) is 11.9. The fraction of sp³-hybridized carbons (Fsp3) is 0. The van der Waals surface area contributed by atoms with E-state index in [-0.39, 0.29) is 0 Å². The topological polar surface area (TPSA) is 9.29 Å². The molecule has 0 amide bonds. The van der Waals surface area contributed by atoms with Crippen molar-refractivity contribution in [1.82, 2.24) is 4.57 Å². The smallest absolute Gasteiger partial charge is 0.202 e. The lowest BCUT2D eigenvalue weighted by atomic mass is 9.84. The summed E-state index contributed by atoms with van der Waals surface area (Å²) in [4.78, 5) is 4.31. The van der Waals surface area contributed by atoms with Gasteiger partial charge in [-0.3, -0.25) is 0 Å². The average molecular weight is 597 g/mol. The first-order valence-corrected chi connectivity index (χ1v) is 15.9. The van der Waals surface area contributed by atoms with Gasteiger partial charge in [0.15, 0.2) is 0 Å². The number of hydrogen-bond donors (Lipinski definition) is 0. The minimum atomic E-state index is 0.656. The number of fused-ring (bicyclic) bond motifs is 5. The third-order valence-corrected chi connectivity index (χ3v) is 9.43. The van der Waals surface area contributed by atoms with Crippen LogP contribution in [-0.2, 0) is 0 Å². The molecule has 1 heterocycles. The zero-order chi connectivity index (χ0) is 31.3. The van der Waals surface area contributed by atoms with Gasteiger partial charge in [0.05, 0.1) is 23.3 Å². The van der Waals surface area contributed by atoms with Crippen molar-refractivity contribution >= 4 is 49.0 Å². The first-order chi connectivity index (χ1) is 23.3. The normalized spacial score (nSPS) is 11.4. The van der Waals surface area contributed by atoms with Gasteiger partial charge >= 0.3 is 0 Å². The van der Waals surface area contributed by atoms with Gasteiger partial charge in [0, 0.05) is 10.8 Å². The van der Waals surface area contributed by atoms with Crippen molar-refractivity contribution in [3.63, 3.8) is 0 Å². The first kappa shape index (κ1) is 26.9. The third-order valence-electron chi connectivity index (χ3n) is 9.43. The summed E-state index contributed by atoms with van der Waals surface area (Å²) < 4.78 is 2.35. The molecule has 0 spiro atoms. The van der Waals surface area contributed by atoms with E-state index in [2.05, 4.69) is 179 Å². The van der Waals surface area contributed by atoms with Crippen LogP contribution in [0.25, 0.3) is 87.3 Å². The molecule has 0 N–H and O–H groups in total. The fourth-order valence-electron chi connectivity index (χ4n) is 7.50. The molecule has 0 aliphatic carbocycles. The minimum absolute atomic E-state index is 0.656. The largest absolute Gasteiger partial charge is 0.309 e. The Morgan fingerprint density at radius 1 is 0.362 bits per heavy atom. The standard InChI is InChI=1S/C45H28N2/c1-46-45-38(33-20-11-14-29-42(33)47-40-27-12-9-18-31(40)32-19-10-13-28-41(32)47)25-15-26-39(45)44-36-23-7-5-21-34(36)43(30-16-3-2-4-17-30)35-22-6-8-24-37(35)44/h2-29H. The Morgan fingerprint density at radius 2 is 0.809 bits per heavy atom. The second kappa shape index (κ2) is 10.9. The molecular weight excluding hydrogens is 569 g/mol. The van der Waals surface area contributed by atoms with Gasteiger partial charge in [-0.05, 0) is 73.1 Å². The summed E-state index contributed by atoms with van der Waals surface area (Å²) in [6, 6.07) is 59.9. The molecule has 2 nitrogen and oxygen atoms in total. The molecule has 0 radical (unpaired) electrons. The maximum absolute atomic E-state index is 8.64. The van der Waals surface area contributed by atoms with Gasteiger partial charge in [0.2, 0.25) is 5.69 Å². The Hall–Kier alpha value is -6.43. The van der Waals surface area contributed by atoms with Crippen LogP contribution in [0, 0.1) is 6.57 Å². The summed E-state index contributed by atoms with van der Waals surface area (Å²) in [5.41, 5.74) is 10.4. The van der Waals surface area contributed by atoms with Crippen molar-refractivity contribution in [2.24, 2.45) is 0 Å². The van der Waals surface area contributed by atoms with E-state index in [0.717, 1.165) is 49.7 Å². The molecule has 0 saturated carbocycles. The Balaban J connectivity index is 1.36. The predicted octanol–water partition coefficient (Wildman–Crippen LogP) is 12.6. The van der Waals surface area contributed by atoms with Crippen molar-refractivity contribution in [2.75, 3.05) is 0 Å².